The largest absolute Gasteiger partial charge is 0.481 e. The van der Waals surface area contributed by atoms with E-state index in [9.17, 15) is 24.6 Å². The van der Waals surface area contributed by atoms with E-state index >= 15 is 0 Å². The third-order valence-corrected chi connectivity index (χ3v) is 8.07. The van der Waals surface area contributed by atoms with Crippen molar-refractivity contribution in [3.63, 3.8) is 0 Å². The molecule has 4 aliphatic rings. The monoisotopic (exact) mass is 487 g/mol. The summed E-state index contributed by atoms with van der Waals surface area (Å²) in [6.45, 7) is 4.01. The van der Waals surface area contributed by atoms with E-state index in [-0.39, 0.29) is 18.2 Å². The number of ether oxygens (including phenoxy) is 3. The van der Waals surface area contributed by atoms with Crippen molar-refractivity contribution in [2.45, 2.75) is 74.9 Å². The van der Waals surface area contributed by atoms with Crippen molar-refractivity contribution < 1.29 is 43.9 Å². The summed E-state index contributed by atoms with van der Waals surface area (Å²) in [6, 6.07) is 3.98. The number of aliphatic carboxylic acids is 1. The molecule has 2 bridgehead atoms. The van der Waals surface area contributed by atoms with Crippen LogP contribution < -0.4 is 4.74 Å². The van der Waals surface area contributed by atoms with Gasteiger partial charge in [-0.3, -0.25) is 4.79 Å². The maximum atomic E-state index is 12.8. The summed E-state index contributed by atoms with van der Waals surface area (Å²) in [7, 11) is 2.01. The first-order chi connectivity index (χ1) is 16.5. The number of carbonyl (C=O) groups is 3. The lowest BCUT2D eigenvalue weighted by Gasteiger charge is -2.61. The number of carbonyl (C=O) groups excluding carboxylic acids is 2. The fraction of sp³-hybridized carbons (Fsp3) is 0.560. The van der Waals surface area contributed by atoms with Crippen LogP contribution in [0.25, 0.3) is 0 Å². The van der Waals surface area contributed by atoms with Gasteiger partial charge in [0.1, 0.15) is 11.5 Å². The van der Waals surface area contributed by atoms with Gasteiger partial charge >= 0.3 is 17.9 Å². The SMILES string of the molecule is Cc1ccc2c3c1O[C@H]1C(OC(=O)[C@H](C)OC(=O)C[C@H](O)C(=O)O)=CC[C@@]4(O)[C@@H](C2)N(C)CC[C@]314. The Morgan fingerprint density at radius 3 is 2.77 bits per heavy atom. The Bertz CT molecular complexity index is 1150. The topological polar surface area (TPSA) is 143 Å². The minimum absolute atomic E-state index is 0.113. The van der Waals surface area contributed by atoms with Gasteiger partial charge in [-0.2, -0.15) is 0 Å². The average molecular weight is 488 g/mol. The van der Waals surface area contributed by atoms with Gasteiger partial charge in [0.25, 0.3) is 0 Å². The Labute approximate surface area is 202 Å². The number of benzene rings is 1. The maximum Gasteiger partial charge on any atom is 0.352 e. The summed E-state index contributed by atoms with van der Waals surface area (Å²) >= 11 is 0. The van der Waals surface area contributed by atoms with E-state index in [1.165, 1.54) is 6.92 Å². The van der Waals surface area contributed by atoms with Crippen molar-refractivity contribution in [3.05, 3.63) is 40.7 Å². The first-order valence-electron chi connectivity index (χ1n) is 11.7. The number of piperidine rings is 1. The molecule has 35 heavy (non-hydrogen) atoms. The molecule has 1 saturated heterocycles. The van der Waals surface area contributed by atoms with Gasteiger partial charge in [0.15, 0.2) is 18.3 Å². The normalized spacial score (nSPS) is 32.0. The summed E-state index contributed by atoms with van der Waals surface area (Å²) in [5.74, 6) is -2.47. The number of likely N-dealkylation sites (tertiary alicyclic amines) is 1. The number of hydrogen-bond acceptors (Lipinski definition) is 9. The smallest absolute Gasteiger partial charge is 0.352 e. The molecule has 5 rings (SSSR count). The molecule has 3 N–H and O–H groups in total. The van der Waals surface area contributed by atoms with Crippen LogP contribution in [0.15, 0.2) is 24.0 Å². The predicted octanol–water partition coefficient (Wildman–Crippen LogP) is 0.583. The molecule has 0 amide bonds. The van der Waals surface area contributed by atoms with Crippen LogP contribution in [0.2, 0.25) is 0 Å². The average Bonchev–Trinajstić information content (AvgIpc) is 3.15. The van der Waals surface area contributed by atoms with Gasteiger partial charge in [0, 0.05) is 18.0 Å². The van der Waals surface area contributed by atoms with Gasteiger partial charge in [0.05, 0.1) is 17.4 Å². The van der Waals surface area contributed by atoms with Crippen LogP contribution in [0.3, 0.4) is 0 Å². The molecule has 2 aliphatic heterocycles. The predicted molar refractivity (Wildman–Crippen MR) is 120 cm³/mol. The van der Waals surface area contributed by atoms with Gasteiger partial charge < -0.3 is 34.4 Å². The van der Waals surface area contributed by atoms with E-state index < -0.39 is 53.7 Å². The van der Waals surface area contributed by atoms with Crippen LogP contribution >= 0.6 is 0 Å². The number of aliphatic hydroxyl groups excluding tert-OH is 1. The first-order valence-corrected chi connectivity index (χ1v) is 11.7. The standard InChI is InChI=1S/C25H29NO9/c1-12-4-5-14-10-17-25(32)7-6-16(21-24(25,8-9-26(17)3)19(14)20(12)35-21)34-23(31)13(2)33-18(28)11-15(27)22(29)30/h4-6,13,15,17,21,27,32H,7-11H2,1-3H3,(H,29,30)/t13-,15-,17+,21-,24-,25+/m0/s1. The van der Waals surface area contributed by atoms with Gasteiger partial charge in [-0.25, -0.2) is 9.59 Å². The number of esters is 2. The molecule has 188 valence electrons. The highest BCUT2D eigenvalue weighted by Gasteiger charge is 2.71. The van der Waals surface area contributed by atoms with E-state index in [2.05, 4.69) is 11.0 Å². The molecule has 2 heterocycles. The van der Waals surface area contributed by atoms with Crippen LogP contribution in [-0.4, -0.2) is 81.7 Å². The molecule has 0 unspecified atom stereocenters. The van der Waals surface area contributed by atoms with E-state index in [0.717, 1.165) is 29.0 Å². The summed E-state index contributed by atoms with van der Waals surface area (Å²) in [6.07, 6.45) is -1.48. The molecule has 10 heteroatoms. The summed E-state index contributed by atoms with van der Waals surface area (Å²) in [5.41, 5.74) is 1.20. The lowest BCUT2D eigenvalue weighted by atomic mass is 9.50. The third kappa shape index (κ3) is 3.30. The Balaban J connectivity index is 1.42. The molecule has 0 aromatic heterocycles. The third-order valence-electron chi connectivity index (χ3n) is 8.07. The van der Waals surface area contributed by atoms with Crippen molar-refractivity contribution in [2.24, 2.45) is 0 Å². The number of carboxylic acid groups (broad SMARTS) is 1. The fourth-order valence-electron chi connectivity index (χ4n) is 6.32. The van der Waals surface area contributed by atoms with Crippen LogP contribution in [0.4, 0.5) is 0 Å². The second-order valence-corrected chi connectivity index (χ2v) is 10.0. The number of rotatable bonds is 6. The van der Waals surface area contributed by atoms with E-state index in [0.29, 0.717) is 12.8 Å². The van der Waals surface area contributed by atoms with Crippen molar-refractivity contribution >= 4 is 17.9 Å². The summed E-state index contributed by atoms with van der Waals surface area (Å²) in [4.78, 5) is 37.6. The van der Waals surface area contributed by atoms with Crippen LogP contribution in [-0.2, 0) is 35.7 Å². The first kappa shape index (κ1) is 23.8. The van der Waals surface area contributed by atoms with Gasteiger partial charge in [-0.05, 0) is 57.5 Å². The number of nitrogens with zero attached hydrogens (tertiary/aromatic N) is 1. The van der Waals surface area contributed by atoms with Crippen molar-refractivity contribution in [1.29, 1.82) is 0 Å². The molecule has 1 spiro atoms. The quantitative estimate of drug-likeness (QED) is 0.488. The highest BCUT2D eigenvalue weighted by Crippen LogP contribution is 2.64. The highest BCUT2D eigenvalue weighted by molar-refractivity contribution is 5.83. The molecular formula is C25H29NO9. The zero-order valence-electron chi connectivity index (χ0n) is 19.8. The van der Waals surface area contributed by atoms with E-state index in [1.807, 2.05) is 20.0 Å². The number of aliphatic hydroxyl groups is 2. The zero-order chi connectivity index (χ0) is 25.3. The lowest BCUT2D eigenvalue weighted by molar-refractivity contribution is -0.176. The van der Waals surface area contributed by atoms with Gasteiger partial charge in [-0.1, -0.05) is 12.1 Å². The molecule has 1 aromatic carbocycles. The fourth-order valence-corrected chi connectivity index (χ4v) is 6.32. The van der Waals surface area contributed by atoms with E-state index in [4.69, 9.17) is 19.3 Å². The molecule has 1 aromatic rings. The number of likely N-dealkylation sites (N-methyl/N-ethyl adjacent to an activating group) is 1. The van der Waals surface area contributed by atoms with Crippen LogP contribution in [0.1, 0.15) is 42.9 Å². The minimum atomic E-state index is -1.92. The highest BCUT2D eigenvalue weighted by atomic mass is 16.6. The zero-order valence-corrected chi connectivity index (χ0v) is 19.8. The van der Waals surface area contributed by atoms with Crippen molar-refractivity contribution in [1.82, 2.24) is 4.90 Å². The molecule has 0 saturated carbocycles. The number of aryl methyl sites for hydroxylation is 1. The van der Waals surface area contributed by atoms with Crippen molar-refractivity contribution in [2.75, 3.05) is 13.6 Å². The molecule has 2 aliphatic carbocycles. The Morgan fingerprint density at radius 2 is 2.06 bits per heavy atom. The van der Waals surface area contributed by atoms with Crippen LogP contribution in [0.5, 0.6) is 5.75 Å². The Kier molecular flexibility index (Phi) is 5.46. The molecule has 6 atom stereocenters. The number of hydrogen-bond donors (Lipinski definition) is 3. The summed E-state index contributed by atoms with van der Waals surface area (Å²) in [5, 5.41) is 30.2. The van der Waals surface area contributed by atoms with Gasteiger partial charge in [0.2, 0.25) is 0 Å². The summed E-state index contributed by atoms with van der Waals surface area (Å²) < 4.78 is 17.1. The maximum absolute atomic E-state index is 12.8. The second-order valence-electron chi connectivity index (χ2n) is 10.0. The molecule has 1 fully saturated rings. The minimum Gasteiger partial charge on any atom is -0.481 e. The molecular weight excluding hydrogens is 458 g/mol. The second kappa shape index (κ2) is 8.04. The van der Waals surface area contributed by atoms with E-state index in [1.54, 1.807) is 6.08 Å². The lowest BCUT2D eigenvalue weighted by Crippen LogP contribution is -2.74. The van der Waals surface area contributed by atoms with Gasteiger partial charge in [-0.15, -0.1) is 0 Å². The van der Waals surface area contributed by atoms with Crippen molar-refractivity contribution in [3.8, 4) is 5.75 Å². The Hall–Kier alpha value is -2.95. The Morgan fingerprint density at radius 1 is 1.31 bits per heavy atom. The van der Waals surface area contributed by atoms with Crippen LogP contribution in [0, 0.1) is 6.92 Å². The molecule has 0 radical (unpaired) electrons. The molecule has 10 nitrogen and oxygen atoms in total. The number of carboxylic acids is 1.